The number of aromatic amines is 1. The number of pyridine rings is 1. The Balaban J connectivity index is 1.41. The van der Waals surface area contributed by atoms with E-state index in [0.29, 0.717) is 42.2 Å². The average Bonchev–Trinajstić information content (AvgIpc) is 3.40. The Morgan fingerprint density at radius 1 is 1.35 bits per heavy atom. The molecule has 9 heteroatoms. The van der Waals surface area contributed by atoms with Crippen molar-refractivity contribution in [1.29, 1.82) is 0 Å². The summed E-state index contributed by atoms with van der Waals surface area (Å²) in [5.74, 6) is 0.715. The van der Waals surface area contributed by atoms with Gasteiger partial charge in [0.2, 0.25) is 0 Å². The maximum Gasteiger partial charge on any atom is 0.410 e. The minimum Gasteiger partial charge on any atom is -0.444 e. The number of hydrogen-bond donors (Lipinski definition) is 2. The van der Waals surface area contributed by atoms with Gasteiger partial charge in [-0.1, -0.05) is 6.07 Å². The first-order valence-electron chi connectivity index (χ1n) is 10.4. The Morgan fingerprint density at radius 3 is 2.94 bits per heavy atom. The van der Waals surface area contributed by atoms with Crippen LogP contribution in [0.15, 0.2) is 29.8 Å². The number of fused-ring (bicyclic) bond motifs is 1. The van der Waals surface area contributed by atoms with Gasteiger partial charge in [0, 0.05) is 25.8 Å². The van der Waals surface area contributed by atoms with E-state index in [2.05, 4.69) is 20.3 Å². The fourth-order valence-corrected chi connectivity index (χ4v) is 4.36. The highest BCUT2D eigenvalue weighted by atomic mass is 32.1. The quantitative estimate of drug-likeness (QED) is 0.636. The van der Waals surface area contributed by atoms with Crippen molar-refractivity contribution in [3.63, 3.8) is 0 Å². The SMILES string of the molecule is CC(C)(C)OC(=O)N1CCC[C@H](CNC(=O)c2ccnc3nc(-c4cccs4)[nH]c23)C1. The average molecular weight is 442 g/mol. The lowest BCUT2D eigenvalue weighted by Gasteiger charge is -2.34. The predicted octanol–water partition coefficient (Wildman–Crippen LogP) is 4.06. The molecule has 0 radical (unpaired) electrons. The van der Waals surface area contributed by atoms with Crippen LogP contribution in [0, 0.1) is 5.92 Å². The van der Waals surface area contributed by atoms with Crippen LogP contribution in [-0.4, -0.2) is 57.1 Å². The van der Waals surface area contributed by atoms with E-state index < -0.39 is 5.60 Å². The fourth-order valence-electron chi connectivity index (χ4n) is 3.69. The van der Waals surface area contributed by atoms with Crippen LogP contribution in [0.25, 0.3) is 21.9 Å². The zero-order chi connectivity index (χ0) is 22.0. The van der Waals surface area contributed by atoms with Crippen molar-refractivity contribution in [2.45, 2.75) is 39.2 Å². The van der Waals surface area contributed by atoms with Crippen LogP contribution in [0.2, 0.25) is 0 Å². The molecule has 31 heavy (non-hydrogen) atoms. The summed E-state index contributed by atoms with van der Waals surface area (Å²) in [6, 6.07) is 5.63. The van der Waals surface area contributed by atoms with Gasteiger partial charge in [-0.3, -0.25) is 4.79 Å². The summed E-state index contributed by atoms with van der Waals surface area (Å²) in [5, 5.41) is 5.00. The van der Waals surface area contributed by atoms with Crippen LogP contribution in [0.5, 0.6) is 0 Å². The number of nitrogens with zero attached hydrogens (tertiary/aromatic N) is 3. The molecule has 0 saturated carbocycles. The Hall–Kier alpha value is -2.94. The summed E-state index contributed by atoms with van der Waals surface area (Å²) in [4.78, 5) is 40.0. The maximum atomic E-state index is 12.9. The molecule has 4 heterocycles. The molecule has 1 aliphatic heterocycles. The topological polar surface area (TPSA) is 100 Å². The Labute approximate surface area is 185 Å². The highest BCUT2D eigenvalue weighted by Crippen LogP contribution is 2.25. The molecule has 1 aliphatic rings. The van der Waals surface area contributed by atoms with E-state index in [9.17, 15) is 9.59 Å². The van der Waals surface area contributed by atoms with Gasteiger partial charge in [0.25, 0.3) is 5.91 Å². The van der Waals surface area contributed by atoms with Crippen LogP contribution in [0.4, 0.5) is 4.79 Å². The number of hydrogen-bond acceptors (Lipinski definition) is 6. The zero-order valence-electron chi connectivity index (χ0n) is 18.0. The number of piperidine rings is 1. The molecular formula is C22H27N5O3S. The second-order valence-electron chi connectivity index (χ2n) is 8.76. The van der Waals surface area contributed by atoms with Crippen molar-refractivity contribution in [3.05, 3.63) is 35.3 Å². The van der Waals surface area contributed by atoms with E-state index in [1.807, 2.05) is 38.3 Å². The third-order valence-corrected chi connectivity index (χ3v) is 5.99. The summed E-state index contributed by atoms with van der Waals surface area (Å²) in [6.45, 7) is 7.34. The molecule has 0 spiro atoms. The highest BCUT2D eigenvalue weighted by molar-refractivity contribution is 7.13. The first-order chi connectivity index (χ1) is 14.8. The standard InChI is InChI=1S/C22H27N5O3S/c1-22(2,3)30-21(29)27-10-4-6-14(13-27)12-24-20(28)15-8-9-23-19-17(15)25-18(26-19)16-7-5-11-31-16/h5,7-9,11,14H,4,6,10,12-13H2,1-3H3,(H,24,28)(H,23,25,26)/t14-/m1/s1. The number of amides is 2. The smallest absolute Gasteiger partial charge is 0.410 e. The van der Waals surface area contributed by atoms with Gasteiger partial charge in [0.1, 0.15) is 5.60 Å². The summed E-state index contributed by atoms with van der Waals surface area (Å²) in [5.41, 5.74) is 1.14. The Morgan fingerprint density at radius 2 is 2.19 bits per heavy atom. The van der Waals surface area contributed by atoms with Crippen molar-refractivity contribution in [3.8, 4) is 10.7 Å². The molecule has 0 aliphatic carbocycles. The van der Waals surface area contributed by atoms with Gasteiger partial charge in [-0.25, -0.2) is 14.8 Å². The van der Waals surface area contributed by atoms with Gasteiger partial charge < -0.3 is 19.9 Å². The number of rotatable bonds is 4. The summed E-state index contributed by atoms with van der Waals surface area (Å²) in [7, 11) is 0. The van der Waals surface area contributed by atoms with Gasteiger partial charge >= 0.3 is 6.09 Å². The first kappa shape index (κ1) is 21.3. The Bertz CT molecular complexity index is 1070. The van der Waals surface area contributed by atoms with Gasteiger partial charge in [-0.2, -0.15) is 0 Å². The van der Waals surface area contributed by atoms with E-state index in [1.165, 1.54) is 0 Å². The van der Waals surface area contributed by atoms with E-state index in [0.717, 1.165) is 17.7 Å². The molecule has 2 N–H and O–H groups in total. The molecule has 2 amide bonds. The molecule has 0 bridgehead atoms. The first-order valence-corrected chi connectivity index (χ1v) is 11.3. The fraction of sp³-hybridized carbons (Fsp3) is 0.455. The molecule has 1 atom stereocenters. The minimum atomic E-state index is -0.517. The van der Waals surface area contributed by atoms with Crippen molar-refractivity contribution in [1.82, 2.24) is 25.2 Å². The van der Waals surface area contributed by atoms with Gasteiger partial charge in [0.05, 0.1) is 16.0 Å². The largest absolute Gasteiger partial charge is 0.444 e. The third-order valence-electron chi connectivity index (χ3n) is 5.11. The number of H-pyrrole nitrogens is 1. The molecule has 3 aromatic rings. The number of nitrogens with one attached hydrogen (secondary N) is 2. The van der Waals surface area contributed by atoms with Crippen molar-refractivity contribution in [2.24, 2.45) is 5.92 Å². The van der Waals surface area contributed by atoms with Crippen LogP contribution in [0.3, 0.4) is 0 Å². The summed E-state index contributed by atoms with van der Waals surface area (Å²) < 4.78 is 5.48. The Kier molecular flexibility index (Phi) is 5.95. The maximum absolute atomic E-state index is 12.9. The van der Waals surface area contributed by atoms with E-state index in [4.69, 9.17) is 4.74 Å². The lowest BCUT2D eigenvalue weighted by molar-refractivity contribution is 0.0167. The van der Waals surface area contributed by atoms with Crippen LogP contribution in [0.1, 0.15) is 44.0 Å². The third kappa shape index (κ3) is 5.04. The van der Waals surface area contributed by atoms with Crippen molar-refractivity contribution < 1.29 is 14.3 Å². The van der Waals surface area contributed by atoms with E-state index in [-0.39, 0.29) is 17.9 Å². The number of thiophene rings is 1. The summed E-state index contributed by atoms with van der Waals surface area (Å²) in [6.07, 6.45) is 3.15. The van der Waals surface area contributed by atoms with Crippen molar-refractivity contribution in [2.75, 3.05) is 19.6 Å². The normalized spacial score (nSPS) is 17.0. The number of carbonyl (C=O) groups excluding carboxylic acids is 2. The predicted molar refractivity (Wildman–Crippen MR) is 120 cm³/mol. The van der Waals surface area contributed by atoms with E-state index >= 15 is 0 Å². The van der Waals surface area contributed by atoms with Gasteiger partial charge in [0.15, 0.2) is 11.5 Å². The molecule has 0 aromatic carbocycles. The molecule has 164 valence electrons. The van der Waals surface area contributed by atoms with E-state index in [1.54, 1.807) is 28.5 Å². The minimum absolute atomic E-state index is 0.178. The molecular weight excluding hydrogens is 414 g/mol. The number of ether oxygens (including phenoxy) is 1. The molecule has 0 unspecified atom stereocenters. The molecule has 8 nitrogen and oxygen atoms in total. The number of aromatic nitrogens is 3. The lowest BCUT2D eigenvalue weighted by atomic mass is 9.98. The lowest BCUT2D eigenvalue weighted by Crippen LogP contribution is -2.45. The number of likely N-dealkylation sites (tertiary alicyclic amines) is 1. The molecule has 1 saturated heterocycles. The summed E-state index contributed by atoms with van der Waals surface area (Å²) >= 11 is 1.58. The van der Waals surface area contributed by atoms with Gasteiger partial charge in [-0.05, 0) is 57.0 Å². The second kappa shape index (κ2) is 8.66. The van der Waals surface area contributed by atoms with Crippen LogP contribution < -0.4 is 5.32 Å². The molecule has 4 rings (SSSR count). The van der Waals surface area contributed by atoms with Crippen molar-refractivity contribution >= 4 is 34.5 Å². The molecule has 3 aromatic heterocycles. The van der Waals surface area contributed by atoms with Crippen LogP contribution >= 0.6 is 11.3 Å². The number of carbonyl (C=O) groups is 2. The monoisotopic (exact) mass is 441 g/mol. The zero-order valence-corrected chi connectivity index (χ0v) is 18.8. The number of imidazole rings is 1. The highest BCUT2D eigenvalue weighted by Gasteiger charge is 2.28. The van der Waals surface area contributed by atoms with Crippen LogP contribution in [-0.2, 0) is 4.74 Å². The molecule has 1 fully saturated rings. The van der Waals surface area contributed by atoms with Gasteiger partial charge in [-0.15, -0.1) is 11.3 Å². The second-order valence-corrected chi connectivity index (χ2v) is 9.71.